The van der Waals surface area contributed by atoms with E-state index in [0.717, 1.165) is 40.9 Å². The highest BCUT2D eigenvalue weighted by Gasteiger charge is 2.24. The van der Waals surface area contributed by atoms with Crippen LogP contribution in [0.3, 0.4) is 0 Å². The van der Waals surface area contributed by atoms with Gasteiger partial charge >= 0.3 is 0 Å². The summed E-state index contributed by atoms with van der Waals surface area (Å²) in [6.45, 7) is 0. The summed E-state index contributed by atoms with van der Waals surface area (Å²) in [6.07, 6.45) is 9.41. The molecule has 30 heavy (non-hydrogen) atoms. The predicted octanol–water partition coefficient (Wildman–Crippen LogP) is 4.94. The second kappa shape index (κ2) is 7.71. The molecule has 0 unspecified atom stereocenters. The summed E-state index contributed by atoms with van der Waals surface area (Å²) in [4.78, 5) is 17.5. The molecule has 0 spiro atoms. The third-order valence-corrected chi connectivity index (χ3v) is 5.78. The Labute approximate surface area is 174 Å². The first kappa shape index (κ1) is 18.5. The maximum absolute atomic E-state index is 13.1. The van der Waals surface area contributed by atoms with Gasteiger partial charge in [-0.15, -0.1) is 0 Å². The van der Waals surface area contributed by atoms with Crippen LogP contribution in [0.4, 0.5) is 0 Å². The predicted molar refractivity (Wildman–Crippen MR) is 115 cm³/mol. The minimum atomic E-state index is -0.0634. The van der Waals surface area contributed by atoms with E-state index in [1.54, 1.807) is 13.4 Å². The summed E-state index contributed by atoms with van der Waals surface area (Å²) in [5.41, 5.74) is 4.96. The molecule has 3 heterocycles. The Balaban J connectivity index is 1.62. The molecule has 4 aromatic rings. The normalized spacial score (nSPS) is 14.3. The lowest BCUT2D eigenvalue weighted by Crippen LogP contribution is -2.32. The van der Waals surface area contributed by atoms with Gasteiger partial charge in [-0.1, -0.05) is 31.0 Å². The number of pyridine rings is 1. The summed E-state index contributed by atoms with van der Waals surface area (Å²) in [6, 6.07) is 14.2. The molecule has 6 heteroatoms. The van der Waals surface area contributed by atoms with Crippen molar-refractivity contribution in [3.05, 3.63) is 66.9 Å². The number of aromatic nitrogens is 2. The molecule has 3 aromatic heterocycles. The largest absolute Gasteiger partial charge is 0.497 e. The Bertz CT molecular complexity index is 1190. The third-order valence-electron chi connectivity index (χ3n) is 5.78. The van der Waals surface area contributed by atoms with Gasteiger partial charge in [-0.2, -0.15) is 0 Å². The molecule has 0 radical (unpaired) electrons. The zero-order valence-corrected chi connectivity index (χ0v) is 16.8. The molecule has 6 nitrogen and oxygen atoms in total. The molecular weight excluding hydrogens is 378 g/mol. The molecule has 5 rings (SSSR count). The highest BCUT2D eigenvalue weighted by atomic mass is 16.5. The number of carbonyl (C=O) groups is 1. The summed E-state index contributed by atoms with van der Waals surface area (Å²) in [5, 5.41) is 3.19. The van der Waals surface area contributed by atoms with Gasteiger partial charge in [-0.25, -0.2) is 4.98 Å². The maximum atomic E-state index is 13.1. The van der Waals surface area contributed by atoms with E-state index in [1.165, 1.54) is 19.2 Å². The van der Waals surface area contributed by atoms with E-state index in [2.05, 4.69) is 16.4 Å². The first-order chi connectivity index (χ1) is 14.7. The van der Waals surface area contributed by atoms with Gasteiger partial charge < -0.3 is 18.9 Å². The summed E-state index contributed by atoms with van der Waals surface area (Å²) in [5.74, 6) is 0.736. The van der Waals surface area contributed by atoms with Crippen molar-refractivity contribution in [2.24, 2.45) is 0 Å². The number of hydrogen-bond acceptors (Lipinski definition) is 4. The number of nitrogens with one attached hydrogen (secondary N) is 1. The SMILES string of the molecule is COc1cccc(-c2ccc3cc(C(=O)NC4CCCC4)c(-c4cocn4)n3c2)c1. The van der Waals surface area contributed by atoms with Crippen molar-refractivity contribution in [3.63, 3.8) is 0 Å². The molecule has 1 aliphatic rings. The fourth-order valence-electron chi connectivity index (χ4n) is 4.24. The van der Waals surface area contributed by atoms with Gasteiger partial charge in [0.05, 0.1) is 18.4 Å². The summed E-state index contributed by atoms with van der Waals surface area (Å²) in [7, 11) is 1.66. The number of oxazole rings is 1. The molecule has 0 saturated heterocycles. The first-order valence-corrected chi connectivity index (χ1v) is 10.2. The van der Waals surface area contributed by atoms with Crippen LogP contribution in [-0.2, 0) is 0 Å². The Morgan fingerprint density at radius 2 is 2.03 bits per heavy atom. The minimum Gasteiger partial charge on any atom is -0.497 e. The maximum Gasteiger partial charge on any atom is 0.253 e. The molecule has 1 aliphatic carbocycles. The smallest absolute Gasteiger partial charge is 0.253 e. The molecule has 0 aliphatic heterocycles. The Hall–Kier alpha value is -3.54. The molecule has 0 bridgehead atoms. The average molecular weight is 401 g/mol. The van der Waals surface area contributed by atoms with Gasteiger partial charge in [-0.3, -0.25) is 4.79 Å². The van der Waals surface area contributed by atoms with Crippen LogP contribution >= 0.6 is 0 Å². The van der Waals surface area contributed by atoms with Gasteiger partial charge in [0.1, 0.15) is 17.7 Å². The van der Waals surface area contributed by atoms with Crippen LogP contribution in [0.5, 0.6) is 5.75 Å². The Morgan fingerprint density at radius 1 is 1.17 bits per heavy atom. The molecule has 1 fully saturated rings. The van der Waals surface area contributed by atoms with Crippen molar-refractivity contribution in [2.75, 3.05) is 7.11 Å². The van der Waals surface area contributed by atoms with Crippen molar-refractivity contribution in [2.45, 2.75) is 31.7 Å². The van der Waals surface area contributed by atoms with Crippen molar-refractivity contribution in [1.29, 1.82) is 0 Å². The van der Waals surface area contributed by atoms with Crippen LogP contribution in [0.15, 0.2) is 65.7 Å². The Kier molecular flexibility index (Phi) is 4.75. The van der Waals surface area contributed by atoms with E-state index < -0.39 is 0 Å². The fraction of sp³-hybridized carbons (Fsp3) is 0.250. The zero-order chi connectivity index (χ0) is 20.5. The lowest BCUT2D eigenvalue weighted by atomic mass is 10.1. The van der Waals surface area contributed by atoms with Crippen molar-refractivity contribution >= 4 is 11.4 Å². The van der Waals surface area contributed by atoms with E-state index >= 15 is 0 Å². The van der Waals surface area contributed by atoms with Crippen LogP contribution in [0.2, 0.25) is 0 Å². The number of benzene rings is 1. The summed E-state index contributed by atoms with van der Waals surface area (Å²) >= 11 is 0. The van der Waals surface area contributed by atoms with Crippen LogP contribution in [-0.4, -0.2) is 28.4 Å². The lowest BCUT2D eigenvalue weighted by molar-refractivity contribution is 0.0938. The second-order valence-electron chi connectivity index (χ2n) is 7.68. The number of fused-ring (bicyclic) bond motifs is 1. The van der Waals surface area contributed by atoms with Gasteiger partial charge in [0.2, 0.25) is 0 Å². The van der Waals surface area contributed by atoms with E-state index in [1.807, 2.05) is 47.0 Å². The highest BCUT2D eigenvalue weighted by molar-refractivity contribution is 6.02. The van der Waals surface area contributed by atoms with Crippen LogP contribution in [0.1, 0.15) is 36.0 Å². The third kappa shape index (κ3) is 3.34. The molecule has 152 valence electrons. The topological polar surface area (TPSA) is 68.8 Å². The molecule has 1 N–H and O–H groups in total. The van der Waals surface area contributed by atoms with Crippen molar-refractivity contribution in [1.82, 2.24) is 14.7 Å². The number of amides is 1. The number of ether oxygens (including phenoxy) is 1. The average Bonchev–Trinajstić information content (AvgIpc) is 3.53. The Morgan fingerprint density at radius 3 is 2.80 bits per heavy atom. The molecule has 1 amide bonds. The van der Waals surface area contributed by atoms with E-state index in [9.17, 15) is 4.79 Å². The van der Waals surface area contributed by atoms with Gasteiger partial charge in [-0.05, 0) is 48.2 Å². The number of methoxy groups -OCH3 is 1. The zero-order valence-electron chi connectivity index (χ0n) is 16.8. The quantitative estimate of drug-likeness (QED) is 0.514. The number of hydrogen-bond donors (Lipinski definition) is 1. The molecular formula is C24H23N3O3. The highest BCUT2D eigenvalue weighted by Crippen LogP contribution is 2.31. The fourth-order valence-corrected chi connectivity index (χ4v) is 4.24. The van der Waals surface area contributed by atoms with Crippen molar-refractivity contribution < 1.29 is 13.9 Å². The lowest BCUT2D eigenvalue weighted by Gasteiger charge is -2.12. The summed E-state index contributed by atoms with van der Waals surface area (Å²) < 4.78 is 12.6. The molecule has 0 atom stereocenters. The van der Waals surface area contributed by atoms with E-state index in [-0.39, 0.29) is 11.9 Å². The van der Waals surface area contributed by atoms with Crippen LogP contribution in [0, 0.1) is 0 Å². The number of rotatable bonds is 5. The van der Waals surface area contributed by atoms with Crippen LogP contribution in [0.25, 0.3) is 28.0 Å². The first-order valence-electron chi connectivity index (χ1n) is 10.2. The number of nitrogens with zero attached hydrogens (tertiary/aromatic N) is 2. The standard InChI is InChI=1S/C24H23N3O3/c1-29-20-8-4-5-16(11-20)17-9-10-19-12-21(24(28)26-18-6-2-3-7-18)23(27(19)13-17)22-14-30-15-25-22/h4-5,8-15,18H,2-3,6-7H2,1H3,(H,26,28). The van der Waals surface area contributed by atoms with Gasteiger partial charge in [0, 0.05) is 17.8 Å². The van der Waals surface area contributed by atoms with Gasteiger partial charge in [0.15, 0.2) is 6.39 Å². The molecule has 1 aromatic carbocycles. The van der Waals surface area contributed by atoms with E-state index in [0.29, 0.717) is 11.3 Å². The monoisotopic (exact) mass is 401 g/mol. The minimum absolute atomic E-state index is 0.0634. The van der Waals surface area contributed by atoms with E-state index in [4.69, 9.17) is 9.15 Å². The van der Waals surface area contributed by atoms with Crippen molar-refractivity contribution in [3.8, 4) is 28.3 Å². The second-order valence-corrected chi connectivity index (χ2v) is 7.68. The number of carbonyl (C=O) groups excluding carboxylic acids is 1. The van der Waals surface area contributed by atoms with Crippen LogP contribution < -0.4 is 10.1 Å². The molecule has 1 saturated carbocycles. The van der Waals surface area contributed by atoms with Gasteiger partial charge in [0.25, 0.3) is 5.91 Å².